The Bertz CT molecular complexity index is 285. The molecule has 0 spiro atoms. The lowest BCUT2D eigenvalue weighted by Crippen LogP contribution is -2.43. The van der Waals surface area contributed by atoms with Crippen LogP contribution in [-0.2, 0) is 4.79 Å². The van der Waals surface area contributed by atoms with Gasteiger partial charge in [-0.3, -0.25) is 10.1 Å². The van der Waals surface area contributed by atoms with E-state index in [2.05, 4.69) is 30.3 Å². The zero-order chi connectivity index (χ0) is 14.3. The summed E-state index contributed by atoms with van der Waals surface area (Å²) in [6, 6.07) is 0. The summed E-state index contributed by atoms with van der Waals surface area (Å²) in [6.45, 7) is 7.24. The SMILES string of the molecule is CCCC1NC(C)(CC)C(=O)N1CCCCCSC. The number of nitrogens with one attached hydrogen (secondary N) is 1. The molecular weight excluding hydrogens is 256 g/mol. The van der Waals surface area contributed by atoms with Crippen LogP contribution in [-0.4, -0.2) is 41.1 Å². The molecule has 1 rings (SSSR count). The zero-order valence-electron chi connectivity index (χ0n) is 13.0. The summed E-state index contributed by atoms with van der Waals surface area (Å²) in [5, 5.41) is 3.54. The van der Waals surface area contributed by atoms with Crippen LogP contribution in [0, 0.1) is 0 Å². The van der Waals surface area contributed by atoms with Crippen molar-refractivity contribution in [2.75, 3.05) is 18.6 Å². The van der Waals surface area contributed by atoms with Gasteiger partial charge in [0, 0.05) is 6.54 Å². The van der Waals surface area contributed by atoms with Gasteiger partial charge in [0.1, 0.15) is 0 Å². The molecule has 1 aliphatic heterocycles. The normalized spacial score (nSPS) is 27.3. The Balaban J connectivity index is 2.49. The highest BCUT2D eigenvalue weighted by atomic mass is 32.2. The smallest absolute Gasteiger partial charge is 0.243 e. The minimum Gasteiger partial charge on any atom is -0.326 e. The Kier molecular flexibility index (Phi) is 7.22. The molecular formula is C15H30N2OS. The third-order valence-electron chi connectivity index (χ3n) is 4.11. The number of carbonyl (C=O) groups is 1. The Hall–Kier alpha value is -0.220. The molecule has 3 nitrogen and oxygen atoms in total. The van der Waals surface area contributed by atoms with E-state index in [1.165, 1.54) is 18.6 Å². The fraction of sp³-hybridized carbons (Fsp3) is 0.933. The van der Waals surface area contributed by atoms with E-state index >= 15 is 0 Å². The Morgan fingerprint density at radius 2 is 2.05 bits per heavy atom. The summed E-state index contributed by atoms with van der Waals surface area (Å²) in [6.07, 6.45) is 9.08. The predicted molar refractivity (Wildman–Crippen MR) is 84.5 cm³/mol. The number of amides is 1. The fourth-order valence-corrected chi connectivity index (χ4v) is 3.18. The van der Waals surface area contributed by atoms with Gasteiger partial charge in [-0.05, 0) is 44.6 Å². The molecule has 0 saturated carbocycles. The zero-order valence-corrected chi connectivity index (χ0v) is 13.8. The van der Waals surface area contributed by atoms with Crippen LogP contribution in [0.4, 0.5) is 0 Å². The second kappa shape index (κ2) is 8.15. The van der Waals surface area contributed by atoms with Gasteiger partial charge in [-0.15, -0.1) is 0 Å². The summed E-state index contributed by atoms with van der Waals surface area (Å²) >= 11 is 1.90. The van der Waals surface area contributed by atoms with Crippen LogP contribution in [0.25, 0.3) is 0 Å². The maximum Gasteiger partial charge on any atom is 0.243 e. The van der Waals surface area contributed by atoms with Crippen molar-refractivity contribution >= 4 is 17.7 Å². The summed E-state index contributed by atoms with van der Waals surface area (Å²) in [5.74, 6) is 1.54. The van der Waals surface area contributed by atoms with E-state index in [-0.39, 0.29) is 11.7 Å². The van der Waals surface area contributed by atoms with Crippen molar-refractivity contribution in [1.29, 1.82) is 0 Å². The molecule has 0 aromatic carbocycles. The van der Waals surface area contributed by atoms with Crippen molar-refractivity contribution in [2.45, 2.75) is 71.0 Å². The number of hydrogen-bond donors (Lipinski definition) is 1. The number of carbonyl (C=O) groups excluding carboxylic acids is 1. The van der Waals surface area contributed by atoms with Gasteiger partial charge in [0.25, 0.3) is 0 Å². The first-order chi connectivity index (χ1) is 9.09. The van der Waals surface area contributed by atoms with Gasteiger partial charge in [-0.1, -0.05) is 26.7 Å². The molecule has 1 fully saturated rings. The number of rotatable bonds is 9. The standard InChI is InChI=1S/C15H30N2OS/c1-5-10-13-16-15(3,6-2)14(18)17(13)11-8-7-9-12-19-4/h13,16H,5-12H2,1-4H3. The van der Waals surface area contributed by atoms with E-state index in [0.717, 1.165) is 32.2 Å². The summed E-state index contributed by atoms with van der Waals surface area (Å²) in [7, 11) is 0. The average Bonchev–Trinajstić information content (AvgIpc) is 2.64. The largest absolute Gasteiger partial charge is 0.326 e. The molecule has 2 atom stereocenters. The highest BCUT2D eigenvalue weighted by molar-refractivity contribution is 7.98. The Labute approximate surface area is 122 Å². The summed E-state index contributed by atoms with van der Waals surface area (Å²) in [4.78, 5) is 14.6. The molecule has 1 saturated heterocycles. The van der Waals surface area contributed by atoms with Gasteiger partial charge in [0.05, 0.1) is 11.7 Å². The van der Waals surface area contributed by atoms with Crippen LogP contribution >= 0.6 is 11.8 Å². The molecule has 0 aromatic heterocycles. The van der Waals surface area contributed by atoms with Crippen molar-refractivity contribution in [3.05, 3.63) is 0 Å². The van der Waals surface area contributed by atoms with Crippen LogP contribution in [0.5, 0.6) is 0 Å². The molecule has 1 N–H and O–H groups in total. The van der Waals surface area contributed by atoms with Gasteiger partial charge in [-0.2, -0.15) is 11.8 Å². The fourth-order valence-electron chi connectivity index (χ4n) is 2.68. The molecule has 1 aliphatic rings. The van der Waals surface area contributed by atoms with Crippen molar-refractivity contribution in [2.24, 2.45) is 0 Å². The summed E-state index contributed by atoms with van der Waals surface area (Å²) < 4.78 is 0. The van der Waals surface area contributed by atoms with Crippen LogP contribution in [0.2, 0.25) is 0 Å². The molecule has 0 aliphatic carbocycles. The number of nitrogens with zero attached hydrogens (tertiary/aromatic N) is 1. The molecule has 0 bridgehead atoms. The van der Waals surface area contributed by atoms with E-state index in [1.54, 1.807) is 0 Å². The number of hydrogen-bond acceptors (Lipinski definition) is 3. The first kappa shape index (κ1) is 16.8. The van der Waals surface area contributed by atoms with Gasteiger partial charge in [0.2, 0.25) is 5.91 Å². The molecule has 1 heterocycles. The second-order valence-corrected chi connectivity index (χ2v) is 6.67. The van der Waals surface area contributed by atoms with Crippen LogP contribution in [0.15, 0.2) is 0 Å². The van der Waals surface area contributed by atoms with E-state index < -0.39 is 0 Å². The summed E-state index contributed by atoms with van der Waals surface area (Å²) in [5.41, 5.74) is -0.334. The average molecular weight is 286 g/mol. The van der Waals surface area contributed by atoms with Crippen molar-refractivity contribution < 1.29 is 4.79 Å². The molecule has 0 radical (unpaired) electrons. The van der Waals surface area contributed by atoms with Crippen LogP contribution in [0.1, 0.15) is 59.3 Å². The minimum atomic E-state index is -0.334. The predicted octanol–water partition coefficient (Wildman–Crippen LogP) is 3.25. The highest BCUT2D eigenvalue weighted by Crippen LogP contribution is 2.26. The highest BCUT2D eigenvalue weighted by Gasteiger charge is 2.45. The monoisotopic (exact) mass is 286 g/mol. The van der Waals surface area contributed by atoms with E-state index in [4.69, 9.17) is 0 Å². The van der Waals surface area contributed by atoms with Gasteiger partial charge >= 0.3 is 0 Å². The Morgan fingerprint density at radius 3 is 2.63 bits per heavy atom. The third kappa shape index (κ3) is 4.38. The molecule has 1 amide bonds. The van der Waals surface area contributed by atoms with Crippen LogP contribution in [0.3, 0.4) is 0 Å². The van der Waals surface area contributed by atoms with Crippen LogP contribution < -0.4 is 5.32 Å². The van der Waals surface area contributed by atoms with Gasteiger partial charge in [0.15, 0.2) is 0 Å². The van der Waals surface area contributed by atoms with Crippen molar-refractivity contribution in [1.82, 2.24) is 10.2 Å². The third-order valence-corrected chi connectivity index (χ3v) is 4.81. The molecule has 112 valence electrons. The Morgan fingerprint density at radius 1 is 1.32 bits per heavy atom. The number of thioether (sulfide) groups is 1. The quantitative estimate of drug-likeness (QED) is 0.660. The van der Waals surface area contributed by atoms with E-state index in [0.29, 0.717) is 5.91 Å². The van der Waals surface area contributed by atoms with Crippen molar-refractivity contribution in [3.63, 3.8) is 0 Å². The second-order valence-electron chi connectivity index (χ2n) is 5.69. The maximum absolute atomic E-state index is 12.5. The first-order valence-electron chi connectivity index (χ1n) is 7.66. The topological polar surface area (TPSA) is 32.3 Å². The first-order valence-corrected chi connectivity index (χ1v) is 9.06. The van der Waals surface area contributed by atoms with Gasteiger partial charge < -0.3 is 4.90 Å². The van der Waals surface area contributed by atoms with Crippen molar-refractivity contribution in [3.8, 4) is 0 Å². The minimum absolute atomic E-state index is 0.253. The van der Waals surface area contributed by atoms with Gasteiger partial charge in [-0.25, -0.2) is 0 Å². The maximum atomic E-state index is 12.5. The molecule has 0 aromatic rings. The van der Waals surface area contributed by atoms with E-state index in [9.17, 15) is 4.79 Å². The lowest BCUT2D eigenvalue weighted by Gasteiger charge is -2.23. The number of unbranched alkanes of at least 4 members (excludes halogenated alkanes) is 2. The molecule has 19 heavy (non-hydrogen) atoms. The lowest BCUT2D eigenvalue weighted by molar-refractivity contribution is -0.133. The van der Waals surface area contributed by atoms with E-state index in [1.807, 2.05) is 18.7 Å². The lowest BCUT2D eigenvalue weighted by atomic mass is 9.99. The molecule has 2 unspecified atom stereocenters. The molecule has 4 heteroatoms.